The van der Waals surface area contributed by atoms with Crippen LogP contribution in [0.25, 0.3) is 17.1 Å². The highest BCUT2D eigenvalue weighted by Crippen LogP contribution is 2.33. The number of hydrogen-bond donors (Lipinski definition) is 0. The Morgan fingerprint density at radius 2 is 2.06 bits per heavy atom. The van der Waals surface area contributed by atoms with Crippen molar-refractivity contribution in [3.8, 4) is 22.8 Å². The SMILES string of the molecule is COc1ccc(C[C@@H]2COCCN2c2cc(C)cc(C=O)c2-n2nccn2)cc1-c1ncon1. The molecule has 10 heteroatoms. The quantitative estimate of drug-likeness (QED) is 0.385. The normalized spacial score (nSPS) is 15.9. The smallest absolute Gasteiger partial charge is 0.214 e. The predicted octanol–water partition coefficient (Wildman–Crippen LogP) is 2.89. The van der Waals surface area contributed by atoms with E-state index in [1.54, 1.807) is 19.5 Å². The number of carbonyl (C=O) groups excluding carboxylic acids is 1. The topological polar surface area (TPSA) is 108 Å². The lowest BCUT2D eigenvalue weighted by Crippen LogP contribution is -2.47. The summed E-state index contributed by atoms with van der Waals surface area (Å²) in [6, 6.07) is 9.90. The van der Waals surface area contributed by atoms with Crippen LogP contribution in [0.2, 0.25) is 0 Å². The van der Waals surface area contributed by atoms with Crippen molar-refractivity contribution in [2.24, 2.45) is 0 Å². The minimum Gasteiger partial charge on any atom is -0.496 e. The molecule has 0 bridgehead atoms. The van der Waals surface area contributed by atoms with E-state index in [4.69, 9.17) is 14.0 Å². The number of carbonyl (C=O) groups is 1. The van der Waals surface area contributed by atoms with Crippen molar-refractivity contribution < 1.29 is 18.8 Å². The number of nitrogens with zero attached hydrogens (tertiary/aromatic N) is 6. The number of aromatic nitrogens is 5. The summed E-state index contributed by atoms with van der Waals surface area (Å²) in [5.41, 5.74) is 4.93. The summed E-state index contributed by atoms with van der Waals surface area (Å²) >= 11 is 0. The van der Waals surface area contributed by atoms with E-state index in [-0.39, 0.29) is 6.04 Å². The molecule has 1 fully saturated rings. The van der Waals surface area contributed by atoms with Crippen LogP contribution in [-0.4, -0.2) is 64.3 Å². The number of methoxy groups -OCH3 is 1. The van der Waals surface area contributed by atoms with Crippen molar-refractivity contribution in [3.63, 3.8) is 0 Å². The van der Waals surface area contributed by atoms with Gasteiger partial charge in [-0.2, -0.15) is 15.2 Å². The molecule has 5 rings (SSSR count). The Bertz CT molecular complexity index is 1270. The molecule has 1 saturated heterocycles. The van der Waals surface area contributed by atoms with Gasteiger partial charge in [0, 0.05) is 12.1 Å². The number of aryl methyl sites for hydroxylation is 1. The molecule has 0 spiro atoms. The van der Waals surface area contributed by atoms with E-state index in [1.165, 1.54) is 11.2 Å². The van der Waals surface area contributed by atoms with Gasteiger partial charge in [-0.05, 0) is 48.7 Å². The maximum atomic E-state index is 11.9. The number of anilines is 1. The maximum absolute atomic E-state index is 11.9. The predicted molar refractivity (Wildman–Crippen MR) is 123 cm³/mol. The van der Waals surface area contributed by atoms with Gasteiger partial charge in [-0.1, -0.05) is 11.2 Å². The summed E-state index contributed by atoms with van der Waals surface area (Å²) in [6.07, 6.45) is 6.06. The Kier molecular flexibility index (Phi) is 6.05. The van der Waals surface area contributed by atoms with Gasteiger partial charge in [0.2, 0.25) is 12.2 Å². The maximum Gasteiger partial charge on any atom is 0.214 e. The van der Waals surface area contributed by atoms with E-state index in [9.17, 15) is 4.79 Å². The second-order valence-electron chi connectivity index (χ2n) is 8.07. The zero-order chi connectivity index (χ0) is 23.5. The zero-order valence-electron chi connectivity index (χ0n) is 18.9. The van der Waals surface area contributed by atoms with Crippen molar-refractivity contribution in [1.29, 1.82) is 0 Å². The highest BCUT2D eigenvalue weighted by Gasteiger charge is 2.28. The molecular formula is C24H24N6O4. The molecule has 4 aromatic rings. The lowest BCUT2D eigenvalue weighted by Gasteiger charge is -2.38. The van der Waals surface area contributed by atoms with Crippen molar-refractivity contribution in [2.75, 3.05) is 31.8 Å². The molecule has 1 aliphatic rings. The highest BCUT2D eigenvalue weighted by molar-refractivity contribution is 5.87. The Hall–Kier alpha value is -4.05. The van der Waals surface area contributed by atoms with Gasteiger partial charge in [-0.25, -0.2) is 0 Å². The van der Waals surface area contributed by atoms with Crippen LogP contribution in [0.15, 0.2) is 53.6 Å². The number of benzene rings is 2. The molecule has 0 unspecified atom stereocenters. The van der Waals surface area contributed by atoms with Crippen LogP contribution in [0.1, 0.15) is 21.5 Å². The largest absolute Gasteiger partial charge is 0.496 e. The molecule has 0 aliphatic carbocycles. The van der Waals surface area contributed by atoms with Gasteiger partial charge in [0.1, 0.15) is 11.4 Å². The summed E-state index contributed by atoms with van der Waals surface area (Å²) in [7, 11) is 1.61. The molecule has 2 aromatic heterocycles. The molecular weight excluding hydrogens is 436 g/mol. The van der Waals surface area contributed by atoms with Crippen LogP contribution in [0.4, 0.5) is 5.69 Å². The summed E-state index contributed by atoms with van der Waals surface area (Å²) in [6.45, 7) is 3.78. The standard InChI is InChI=1S/C24H24N6O4/c1-16-9-18(13-31)23(30-26-5-6-27-30)21(10-16)29-7-8-33-14-19(29)11-17-3-4-22(32-2)20(12-17)24-25-15-34-28-24/h3-6,9-10,12-13,15,19H,7-8,11,14H2,1-2H3/t19-/m1/s1. The van der Waals surface area contributed by atoms with Crippen LogP contribution in [0, 0.1) is 6.92 Å². The second kappa shape index (κ2) is 9.44. The number of hydrogen-bond acceptors (Lipinski definition) is 9. The number of ether oxygens (including phenoxy) is 2. The van der Waals surface area contributed by atoms with Crippen molar-refractivity contribution >= 4 is 12.0 Å². The summed E-state index contributed by atoms with van der Waals surface area (Å²) in [4.78, 5) is 19.9. The van der Waals surface area contributed by atoms with Crippen LogP contribution >= 0.6 is 0 Å². The number of rotatable bonds is 7. The Balaban J connectivity index is 1.53. The minimum atomic E-state index is 0.0240. The monoisotopic (exact) mass is 460 g/mol. The molecule has 34 heavy (non-hydrogen) atoms. The van der Waals surface area contributed by atoms with E-state index in [0.29, 0.717) is 49.0 Å². The molecule has 0 amide bonds. The summed E-state index contributed by atoms with van der Waals surface area (Å²) in [5, 5.41) is 12.6. The lowest BCUT2D eigenvalue weighted by atomic mass is 9.99. The number of aldehydes is 1. The van der Waals surface area contributed by atoms with Crippen LogP contribution in [0.5, 0.6) is 5.75 Å². The first kappa shape index (κ1) is 21.8. The van der Waals surface area contributed by atoms with E-state index in [2.05, 4.69) is 31.3 Å². The molecule has 0 radical (unpaired) electrons. The number of morpholine rings is 1. The van der Waals surface area contributed by atoms with Crippen LogP contribution < -0.4 is 9.64 Å². The minimum absolute atomic E-state index is 0.0240. The van der Waals surface area contributed by atoms with Gasteiger partial charge in [-0.3, -0.25) is 4.79 Å². The highest BCUT2D eigenvalue weighted by atomic mass is 16.5. The van der Waals surface area contributed by atoms with Gasteiger partial charge >= 0.3 is 0 Å². The van der Waals surface area contributed by atoms with Gasteiger partial charge in [0.15, 0.2) is 6.29 Å². The first-order valence-electron chi connectivity index (χ1n) is 10.9. The molecule has 10 nitrogen and oxygen atoms in total. The first-order valence-corrected chi connectivity index (χ1v) is 10.9. The first-order chi connectivity index (χ1) is 16.7. The Morgan fingerprint density at radius 1 is 1.21 bits per heavy atom. The van der Waals surface area contributed by atoms with Gasteiger partial charge in [-0.15, -0.1) is 4.80 Å². The van der Waals surface area contributed by atoms with Gasteiger partial charge < -0.3 is 18.9 Å². The van der Waals surface area contributed by atoms with Gasteiger partial charge in [0.25, 0.3) is 0 Å². The Labute approximate surface area is 196 Å². The van der Waals surface area contributed by atoms with E-state index >= 15 is 0 Å². The lowest BCUT2D eigenvalue weighted by molar-refractivity contribution is 0.0940. The van der Waals surface area contributed by atoms with Crippen molar-refractivity contribution in [1.82, 2.24) is 25.1 Å². The van der Waals surface area contributed by atoms with Crippen LogP contribution in [-0.2, 0) is 11.2 Å². The van der Waals surface area contributed by atoms with Crippen molar-refractivity contribution in [3.05, 3.63) is 65.8 Å². The molecule has 0 N–H and O–H groups in total. The van der Waals surface area contributed by atoms with E-state index in [1.807, 2.05) is 31.2 Å². The molecule has 3 heterocycles. The third-order valence-corrected chi connectivity index (χ3v) is 5.88. The van der Waals surface area contributed by atoms with E-state index < -0.39 is 0 Å². The molecule has 2 aromatic carbocycles. The molecule has 1 atom stereocenters. The zero-order valence-corrected chi connectivity index (χ0v) is 18.9. The fourth-order valence-corrected chi connectivity index (χ4v) is 4.40. The van der Waals surface area contributed by atoms with Gasteiger partial charge in [0.05, 0.1) is 50.0 Å². The molecule has 0 saturated carbocycles. The summed E-state index contributed by atoms with van der Waals surface area (Å²) in [5.74, 6) is 1.14. The Morgan fingerprint density at radius 3 is 2.79 bits per heavy atom. The average Bonchev–Trinajstić information content (AvgIpc) is 3.58. The third-order valence-electron chi connectivity index (χ3n) is 5.88. The second-order valence-corrected chi connectivity index (χ2v) is 8.07. The fraction of sp³-hybridized carbons (Fsp3) is 0.292. The van der Waals surface area contributed by atoms with E-state index in [0.717, 1.165) is 28.7 Å². The van der Waals surface area contributed by atoms with Crippen LogP contribution in [0.3, 0.4) is 0 Å². The van der Waals surface area contributed by atoms with Crippen molar-refractivity contribution in [2.45, 2.75) is 19.4 Å². The molecule has 1 aliphatic heterocycles. The molecule has 174 valence electrons. The fourth-order valence-electron chi connectivity index (χ4n) is 4.40. The third kappa shape index (κ3) is 4.15. The summed E-state index contributed by atoms with van der Waals surface area (Å²) < 4.78 is 16.3. The average molecular weight is 460 g/mol.